The number of rotatable bonds is 5. The molecule has 1 amide bonds. The molecule has 1 saturated heterocycles. The fourth-order valence-electron chi connectivity index (χ4n) is 2.39. The lowest BCUT2D eigenvalue weighted by molar-refractivity contribution is -0.143. The smallest absolute Gasteiger partial charge is 0.326 e. The van der Waals surface area contributed by atoms with Crippen LogP contribution in [-0.4, -0.2) is 36.1 Å². The Bertz CT molecular complexity index is 481. The summed E-state index contributed by atoms with van der Waals surface area (Å²) >= 11 is 0. The van der Waals surface area contributed by atoms with E-state index in [0.29, 0.717) is 13.0 Å². The van der Waals surface area contributed by atoms with Gasteiger partial charge in [-0.25, -0.2) is 4.79 Å². The molecule has 2 rings (SSSR count). The lowest BCUT2D eigenvalue weighted by atomic mass is 9.88. The summed E-state index contributed by atoms with van der Waals surface area (Å²) in [4.78, 5) is 23.6. The van der Waals surface area contributed by atoms with Gasteiger partial charge in [-0.1, -0.05) is 30.3 Å². The molecule has 0 spiro atoms. The Morgan fingerprint density at radius 3 is 2.65 bits per heavy atom. The highest BCUT2D eigenvalue weighted by atomic mass is 16.4. The summed E-state index contributed by atoms with van der Waals surface area (Å²) in [6, 6.07) is 8.43. The van der Waals surface area contributed by atoms with Crippen LogP contribution in [0.5, 0.6) is 0 Å². The van der Waals surface area contributed by atoms with Crippen LogP contribution >= 0.6 is 0 Å². The maximum Gasteiger partial charge on any atom is 0.326 e. The second kappa shape index (κ2) is 6.05. The van der Waals surface area contributed by atoms with E-state index in [9.17, 15) is 14.7 Å². The van der Waals surface area contributed by atoms with Crippen LogP contribution in [0.2, 0.25) is 0 Å². The molecule has 0 aliphatic carbocycles. The van der Waals surface area contributed by atoms with Gasteiger partial charge in [-0.2, -0.15) is 0 Å². The largest absolute Gasteiger partial charge is 0.480 e. The van der Waals surface area contributed by atoms with E-state index in [0.717, 1.165) is 18.5 Å². The van der Waals surface area contributed by atoms with Gasteiger partial charge in [-0.05, 0) is 25.5 Å². The number of carbonyl (C=O) groups is 2. The molecule has 1 unspecified atom stereocenters. The summed E-state index contributed by atoms with van der Waals surface area (Å²) in [6.07, 6.45) is 1.03. The minimum Gasteiger partial charge on any atom is -0.480 e. The van der Waals surface area contributed by atoms with Crippen LogP contribution in [0, 0.1) is 5.41 Å². The third-order valence-corrected chi connectivity index (χ3v) is 3.80. The molecule has 1 aromatic rings. The fourth-order valence-corrected chi connectivity index (χ4v) is 2.39. The van der Waals surface area contributed by atoms with Crippen LogP contribution in [0.1, 0.15) is 18.9 Å². The molecule has 1 aromatic carbocycles. The molecule has 0 saturated carbocycles. The SMILES string of the molecule is CC1(C(=O)N[C@H](Cc2ccccc2)C(=O)O)CCNC1. The Kier molecular flexibility index (Phi) is 4.39. The van der Waals surface area contributed by atoms with Crippen molar-refractivity contribution in [3.63, 3.8) is 0 Å². The van der Waals surface area contributed by atoms with Crippen molar-refractivity contribution in [1.82, 2.24) is 10.6 Å². The summed E-state index contributed by atoms with van der Waals surface area (Å²) in [6.45, 7) is 3.25. The van der Waals surface area contributed by atoms with Crippen LogP contribution in [0.15, 0.2) is 30.3 Å². The van der Waals surface area contributed by atoms with Gasteiger partial charge in [0.2, 0.25) is 5.91 Å². The Morgan fingerprint density at radius 2 is 2.10 bits per heavy atom. The van der Waals surface area contributed by atoms with Gasteiger partial charge in [0.25, 0.3) is 0 Å². The number of carbonyl (C=O) groups excluding carboxylic acids is 1. The van der Waals surface area contributed by atoms with Crippen molar-refractivity contribution in [1.29, 1.82) is 0 Å². The quantitative estimate of drug-likeness (QED) is 0.743. The Hall–Kier alpha value is -1.88. The zero-order valence-corrected chi connectivity index (χ0v) is 11.6. The van der Waals surface area contributed by atoms with Crippen molar-refractivity contribution in [3.8, 4) is 0 Å². The van der Waals surface area contributed by atoms with E-state index in [-0.39, 0.29) is 5.91 Å². The third-order valence-electron chi connectivity index (χ3n) is 3.80. The topological polar surface area (TPSA) is 78.4 Å². The molecule has 1 aliphatic heterocycles. The van der Waals surface area contributed by atoms with E-state index in [2.05, 4.69) is 10.6 Å². The summed E-state index contributed by atoms with van der Waals surface area (Å²) in [5.41, 5.74) is 0.389. The molecule has 108 valence electrons. The second-order valence-corrected chi connectivity index (χ2v) is 5.54. The second-order valence-electron chi connectivity index (χ2n) is 5.54. The predicted molar refractivity (Wildman–Crippen MR) is 75.3 cm³/mol. The Balaban J connectivity index is 2.02. The molecule has 0 radical (unpaired) electrons. The first-order chi connectivity index (χ1) is 9.51. The molecule has 1 heterocycles. The van der Waals surface area contributed by atoms with Crippen LogP contribution in [0.3, 0.4) is 0 Å². The zero-order valence-electron chi connectivity index (χ0n) is 11.6. The summed E-state index contributed by atoms with van der Waals surface area (Å²) in [7, 11) is 0. The average molecular weight is 276 g/mol. The number of amides is 1. The maximum absolute atomic E-state index is 12.3. The molecule has 20 heavy (non-hydrogen) atoms. The van der Waals surface area contributed by atoms with Crippen LogP contribution in [0.25, 0.3) is 0 Å². The van der Waals surface area contributed by atoms with Gasteiger partial charge >= 0.3 is 5.97 Å². The summed E-state index contributed by atoms with van der Waals surface area (Å²) in [5, 5.41) is 15.1. The van der Waals surface area contributed by atoms with Crippen molar-refractivity contribution < 1.29 is 14.7 Å². The molecule has 0 bridgehead atoms. The van der Waals surface area contributed by atoms with E-state index >= 15 is 0 Å². The van der Waals surface area contributed by atoms with Gasteiger partial charge < -0.3 is 15.7 Å². The lowest BCUT2D eigenvalue weighted by Crippen LogP contribution is -2.49. The first kappa shape index (κ1) is 14.5. The van der Waals surface area contributed by atoms with E-state index < -0.39 is 17.4 Å². The molecule has 1 fully saturated rings. The molecule has 0 aromatic heterocycles. The van der Waals surface area contributed by atoms with Crippen LogP contribution in [0.4, 0.5) is 0 Å². The number of hydrogen-bond donors (Lipinski definition) is 3. The molecular weight excluding hydrogens is 256 g/mol. The average Bonchev–Trinajstić information content (AvgIpc) is 2.87. The van der Waals surface area contributed by atoms with Crippen molar-refractivity contribution in [2.75, 3.05) is 13.1 Å². The van der Waals surface area contributed by atoms with E-state index in [1.54, 1.807) is 0 Å². The Labute approximate surface area is 118 Å². The van der Waals surface area contributed by atoms with Gasteiger partial charge in [0.05, 0.1) is 5.41 Å². The number of carboxylic acid groups (broad SMARTS) is 1. The number of aliphatic carboxylic acids is 1. The molecule has 2 atom stereocenters. The van der Waals surface area contributed by atoms with Crippen LogP contribution in [-0.2, 0) is 16.0 Å². The summed E-state index contributed by atoms with van der Waals surface area (Å²) < 4.78 is 0. The molecule has 5 heteroatoms. The van der Waals surface area contributed by atoms with Crippen molar-refractivity contribution in [2.45, 2.75) is 25.8 Å². The first-order valence-corrected chi connectivity index (χ1v) is 6.80. The minimum atomic E-state index is -1.00. The third kappa shape index (κ3) is 3.36. The van der Waals surface area contributed by atoms with Crippen molar-refractivity contribution in [2.24, 2.45) is 5.41 Å². The van der Waals surface area contributed by atoms with Crippen molar-refractivity contribution >= 4 is 11.9 Å². The maximum atomic E-state index is 12.3. The molecule has 5 nitrogen and oxygen atoms in total. The van der Waals surface area contributed by atoms with Gasteiger partial charge in [-0.15, -0.1) is 0 Å². The Morgan fingerprint density at radius 1 is 1.40 bits per heavy atom. The number of nitrogens with one attached hydrogen (secondary N) is 2. The van der Waals surface area contributed by atoms with Gasteiger partial charge in [-0.3, -0.25) is 4.79 Å². The zero-order chi connectivity index (χ0) is 14.6. The molecule has 1 aliphatic rings. The van der Waals surface area contributed by atoms with Gasteiger partial charge in [0.15, 0.2) is 0 Å². The normalized spacial score (nSPS) is 23.2. The van der Waals surface area contributed by atoms with Crippen molar-refractivity contribution in [3.05, 3.63) is 35.9 Å². The number of benzene rings is 1. The van der Waals surface area contributed by atoms with Crippen LogP contribution < -0.4 is 10.6 Å². The minimum absolute atomic E-state index is 0.189. The monoisotopic (exact) mass is 276 g/mol. The van der Waals surface area contributed by atoms with E-state index in [4.69, 9.17) is 0 Å². The highest BCUT2D eigenvalue weighted by Crippen LogP contribution is 2.24. The first-order valence-electron chi connectivity index (χ1n) is 6.80. The van der Waals surface area contributed by atoms with E-state index in [1.165, 1.54) is 0 Å². The van der Waals surface area contributed by atoms with E-state index in [1.807, 2.05) is 37.3 Å². The number of hydrogen-bond acceptors (Lipinski definition) is 3. The predicted octanol–water partition coefficient (Wildman–Crippen LogP) is 0.798. The highest BCUT2D eigenvalue weighted by Gasteiger charge is 2.38. The van der Waals surface area contributed by atoms with Gasteiger partial charge in [0, 0.05) is 13.0 Å². The fraction of sp³-hybridized carbons (Fsp3) is 0.467. The molecular formula is C15H20N2O3. The lowest BCUT2D eigenvalue weighted by Gasteiger charge is -2.24. The highest BCUT2D eigenvalue weighted by molar-refractivity contribution is 5.87. The van der Waals surface area contributed by atoms with Gasteiger partial charge in [0.1, 0.15) is 6.04 Å². The number of carboxylic acids is 1. The summed E-state index contributed by atoms with van der Waals surface area (Å²) in [5.74, 6) is -1.19. The molecule has 3 N–H and O–H groups in total. The standard InChI is InChI=1S/C15H20N2O3/c1-15(7-8-16-10-15)14(20)17-12(13(18)19)9-11-5-3-2-4-6-11/h2-6,12,16H,7-10H2,1H3,(H,17,20)(H,18,19)/t12-,15?/m1/s1.